The zero-order valence-corrected chi connectivity index (χ0v) is 21.5. The smallest absolute Gasteiger partial charge is 0.271 e. The molecule has 0 aliphatic rings. The molecule has 0 spiro atoms. The lowest BCUT2D eigenvalue weighted by atomic mass is 10.2. The van der Waals surface area contributed by atoms with E-state index < -0.39 is 4.92 Å². The quantitative estimate of drug-likeness (QED) is 0.141. The van der Waals surface area contributed by atoms with Crippen molar-refractivity contribution in [2.45, 2.75) is 6.61 Å². The number of hydrogen-bond acceptors (Lipinski definition) is 6. The second-order valence-electron chi connectivity index (χ2n) is 6.57. The number of amides is 1. The first-order valence-corrected chi connectivity index (χ1v) is 11.6. The van der Waals surface area contributed by atoms with Crippen molar-refractivity contribution >= 4 is 67.9 Å². The predicted molar refractivity (Wildman–Crippen MR) is 137 cm³/mol. The van der Waals surface area contributed by atoms with E-state index in [4.69, 9.17) is 21.1 Å². The molecule has 0 aliphatic heterocycles. The molecule has 0 heterocycles. The van der Waals surface area contributed by atoms with Crippen molar-refractivity contribution in [1.82, 2.24) is 5.43 Å². The first-order chi connectivity index (χ1) is 15.8. The molecular formula is C22H16BrClIN3O5. The van der Waals surface area contributed by atoms with Crippen molar-refractivity contribution in [3.8, 4) is 11.5 Å². The number of nitro benzene ring substituents is 1. The van der Waals surface area contributed by atoms with Gasteiger partial charge in [-0.05, 0) is 92.1 Å². The van der Waals surface area contributed by atoms with Crippen LogP contribution in [-0.2, 0) is 6.61 Å². The number of nitro groups is 1. The van der Waals surface area contributed by atoms with E-state index in [-0.39, 0.29) is 18.2 Å². The molecule has 0 aromatic heterocycles. The Labute approximate surface area is 216 Å². The van der Waals surface area contributed by atoms with Gasteiger partial charge in [0, 0.05) is 17.7 Å². The normalized spacial score (nSPS) is 10.8. The van der Waals surface area contributed by atoms with Crippen LogP contribution in [0, 0.1) is 13.7 Å². The summed E-state index contributed by atoms with van der Waals surface area (Å²) in [6.07, 6.45) is 1.46. The van der Waals surface area contributed by atoms with Gasteiger partial charge >= 0.3 is 0 Å². The lowest BCUT2D eigenvalue weighted by Crippen LogP contribution is -2.17. The van der Waals surface area contributed by atoms with Crippen LogP contribution >= 0.6 is 50.1 Å². The van der Waals surface area contributed by atoms with E-state index in [0.29, 0.717) is 32.1 Å². The van der Waals surface area contributed by atoms with E-state index in [2.05, 4.69) is 49.0 Å². The molecule has 1 N–H and O–H groups in total. The van der Waals surface area contributed by atoms with Crippen LogP contribution in [0.1, 0.15) is 21.5 Å². The molecule has 3 aromatic carbocycles. The number of carbonyl (C=O) groups excluding carboxylic acids is 1. The van der Waals surface area contributed by atoms with Gasteiger partial charge in [-0.1, -0.05) is 11.6 Å². The largest absolute Gasteiger partial charge is 0.496 e. The first-order valence-electron chi connectivity index (χ1n) is 9.30. The Kier molecular flexibility index (Phi) is 8.64. The fourth-order valence-electron chi connectivity index (χ4n) is 2.69. The van der Waals surface area contributed by atoms with Gasteiger partial charge in [0.15, 0.2) is 5.75 Å². The van der Waals surface area contributed by atoms with E-state index >= 15 is 0 Å². The summed E-state index contributed by atoms with van der Waals surface area (Å²) in [7, 11) is 1.54. The van der Waals surface area contributed by atoms with Crippen LogP contribution in [0.3, 0.4) is 0 Å². The van der Waals surface area contributed by atoms with Crippen LogP contribution in [0.2, 0.25) is 5.02 Å². The summed E-state index contributed by atoms with van der Waals surface area (Å²) in [6.45, 7) is 0.180. The van der Waals surface area contributed by atoms with Gasteiger partial charge in [0.05, 0.1) is 31.3 Å². The SMILES string of the molecule is COc1cc(C(=O)N/N=C\c2cc(Cl)c(OCc3ccc([N+](=O)[O-])cc3)c(Br)c2)ccc1I. The zero-order valence-electron chi connectivity index (χ0n) is 17.1. The lowest BCUT2D eigenvalue weighted by Gasteiger charge is -2.11. The highest BCUT2D eigenvalue weighted by Gasteiger charge is 2.11. The first kappa shape index (κ1) is 24.9. The standard InChI is InChI=1S/C22H16BrClIN3O5/c1-32-20-10-15(4-7-19(20)25)22(29)27-26-11-14-8-17(23)21(18(24)9-14)33-12-13-2-5-16(6-3-13)28(30)31/h2-11H,12H2,1H3,(H,27,29)/b26-11-. The number of hydrogen-bond donors (Lipinski definition) is 1. The Hall–Kier alpha value is -2.70. The molecule has 0 saturated carbocycles. The number of nitrogens with zero attached hydrogens (tertiary/aromatic N) is 2. The van der Waals surface area contributed by atoms with Gasteiger partial charge in [0.2, 0.25) is 0 Å². The van der Waals surface area contributed by atoms with Gasteiger partial charge in [-0.2, -0.15) is 5.10 Å². The predicted octanol–water partition coefficient (Wildman–Crippen LogP) is 5.97. The Bertz CT molecular complexity index is 1200. The third kappa shape index (κ3) is 6.65. The molecule has 0 atom stereocenters. The minimum atomic E-state index is -0.460. The molecule has 0 unspecified atom stereocenters. The molecule has 0 bridgehead atoms. The molecular weight excluding hydrogens is 629 g/mol. The lowest BCUT2D eigenvalue weighted by molar-refractivity contribution is -0.384. The number of ether oxygens (including phenoxy) is 2. The molecule has 11 heteroatoms. The van der Waals surface area contributed by atoms with Gasteiger partial charge in [-0.3, -0.25) is 14.9 Å². The molecule has 170 valence electrons. The number of rotatable bonds is 8. The third-order valence-corrected chi connectivity index (χ3v) is 6.10. The van der Waals surface area contributed by atoms with E-state index in [1.54, 1.807) is 42.5 Å². The summed E-state index contributed by atoms with van der Waals surface area (Å²) in [6, 6.07) is 14.5. The van der Waals surface area contributed by atoms with Crippen molar-refractivity contribution in [3.05, 3.63) is 94.5 Å². The van der Waals surface area contributed by atoms with Gasteiger partial charge < -0.3 is 9.47 Å². The van der Waals surface area contributed by atoms with Crippen LogP contribution in [0.4, 0.5) is 5.69 Å². The molecule has 0 aliphatic carbocycles. The number of halogens is 3. The average molecular weight is 645 g/mol. The van der Waals surface area contributed by atoms with Crippen molar-refractivity contribution in [1.29, 1.82) is 0 Å². The van der Waals surface area contributed by atoms with Crippen LogP contribution in [0.5, 0.6) is 11.5 Å². The number of hydrazone groups is 1. The fourth-order valence-corrected chi connectivity index (χ4v) is 4.24. The Morgan fingerprint density at radius 2 is 1.97 bits per heavy atom. The van der Waals surface area contributed by atoms with Crippen LogP contribution < -0.4 is 14.9 Å². The molecule has 8 nitrogen and oxygen atoms in total. The number of methoxy groups -OCH3 is 1. The second kappa shape index (κ2) is 11.4. The highest BCUT2D eigenvalue weighted by atomic mass is 127. The van der Waals surface area contributed by atoms with Crippen LogP contribution in [0.15, 0.2) is 64.2 Å². The highest BCUT2D eigenvalue weighted by molar-refractivity contribution is 14.1. The summed E-state index contributed by atoms with van der Waals surface area (Å²) >= 11 is 11.9. The Morgan fingerprint density at radius 3 is 2.61 bits per heavy atom. The summed E-state index contributed by atoms with van der Waals surface area (Å²) in [5, 5.41) is 15.1. The van der Waals surface area contributed by atoms with Crippen molar-refractivity contribution < 1.29 is 19.2 Å². The molecule has 0 radical (unpaired) electrons. The second-order valence-corrected chi connectivity index (χ2v) is 9.00. The number of non-ortho nitro benzene ring substituents is 1. The van der Waals surface area contributed by atoms with E-state index in [1.807, 2.05) is 0 Å². The van der Waals surface area contributed by atoms with E-state index in [1.165, 1.54) is 25.5 Å². The van der Waals surface area contributed by atoms with Crippen LogP contribution in [0.25, 0.3) is 0 Å². The Morgan fingerprint density at radius 1 is 1.24 bits per heavy atom. The Balaban J connectivity index is 1.63. The minimum Gasteiger partial charge on any atom is -0.496 e. The summed E-state index contributed by atoms with van der Waals surface area (Å²) < 4.78 is 12.5. The maximum Gasteiger partial charge on any atom is 0.271 e. The topological polar surface area (TPSA) is 103 Å². The number of carbonyl (C=O) groups is 1. The van der Waals surface area contributed by atoms with Crippen molar-refractivity contribution in [2.75, 3.05) is 7.11 Å². The summed E-state index contributed by atoms with van der Waals surface area (Å²) in [4.78, 5) is 22.6. The monoisotopic (exact) mass is 643 g/mol. The number of nitrogens with one attached hydrogen (secondary N) is 1. The molecule has 3 aromatic rings. The molecule has 1 amide bonds. The van der Waals surface area contributed by atoms with E-state index in [9.17, 15) is 14.9 Å². The van der Waals surface area contributed by atoms with Gasteiger partial charge in [-0.15, -0.1) is 0 Å². The molecule has 3 rings (SSSR count). The average Bonchev–Trinajstić information content (AvgIpc) is 2.79. The molecule has 0 saturated heterocycles. The summed E-state index contributed by atoms with van der Waals surface area (Å²) in [5.74, 6) is 0.642. The molecule has 0 fully saturated rings. The van der Waals surface area contributed by atoms with Crippen molar-refractivity contribution in [3.63, 3.8) is 0 Å². The minimum absolute atomic E-state index is 0.00912. The maximum absolute atomic E-state index is 12.3. The van der Waals surface area contributed by atoms with Crippen LogP contribution in [-0.4, -0.2) is 24.2 Å². The fraction of sp³-hybridized carbons (Fsp3) is 0.0909. The van der Waals surface area contributed by atoms with Gasteiger partial charge in [0.25, 0.3) is 11.6 Å². The zero-order chi connectivity index (χ0) is 24.0. The highest BCUT2D eigenvalue weighted by Crippen LogP contribution is 2.34. The third-order valence-electron chi connectivity index (χ3n) is 4.34. The van der Waals surface area contributed by atoms with E-state index in [0.717, 1.165) is 9.13 Å². The van der Waals surface area contributed by atoms with Crippen molar-refractivity contribution in [2.24, 2.45) is 5.10 Å². The van der Waals surface area contributed by atoms with Gasteiger partial charge in [0.1, 0.15) is 12.4 Å². The maximum atomic E-state index is 12.3. The molecule has 33 heavy (non-hydrogen) atoms. The number of benzene rings is 3. The van der Waals surface area contributed by atoms with Gasteiger partial charge in [-0.25, -0.2) is 5.43 Å². The summed E-state index contributed by atoms with van der Waals surface area (Å²) in [5.41, 5.74) is 4.28.